The van der Waals surface area contributed by atoms with Crippen LogP contribution in [0.25, 0.3) is 6.08 Å². The van der Waals surface area contributed by atoms with Gasteiger partial charge in [0.1, 0.15) is 18.2 Å². The molecule has 0 saturated heterocycles. The molecule has 1 aromatic heterocycles. The van der Waals surface area contributed by atoms with Gasteiger partial charge in [0, 0.05) is 15.5 Å². The molecular weight excluding hydrogens is 595 g/mol. The number of carbonyl (C=O) groups excluding carboxylic acids is 1. The number of hydrogen-bond acceptors (Lipinski definition) is 7. The molecule has 0 aliphatic carbocycles. The molecule has 10 heteroatoms. The van der Waals surface area contributed by atoms with E-state index in [4.69, 9.17) is 21.1 Å². The van der Waals surface area contributed by atoms with Crippen molar-refractivity contribution >= 4 is 46.7 Å². The Morgan fingerprint density at radius 3 is 2.52 bits per heavy atom. The van der Waals surface area contributed by atoms with Crippen LogP contribution in [-0.2, 0) is 16.1 Å². The lowest BCUT2D eigenvalue weighted by molar-refractivity contribution is -0.143. The number of rotatable bonds is 8. The van der Waals surface area contributed by atoms with Crippen molar-refractivity contribution < 1.29 is 18.7 Å². The van der Waals surface area contributed by atoms with Gasteiger partial charge >= 0.3 is 5.97 Å². The molecule has 216 valence electrons. The maximum absolute atomic E-state index is 14.0. The van der Waals surface area contributed by atoms with Crippen molar-refractivity contribution in [1.29, 1.82) is 0 Å². The normalized spacial score (nSPS) is 15.0. The van der Waals surface area contributed by atoms with Crippen LogP contribution in [0.1, 0.15) is 43.5 Å². The summed E-state index contributed by atoms with van der Waals surface area (Å²) in [5, 5.41) is 0.476. The number of halogens is 2. The Labute approximate surface area is 255 Å². The van der Waals surface area contributed by atoms with Crippen molar-refractivity contribution in [3.63, 3.8) is 0 Å². The highest BCUT2D eigenvalue weighted by atomic mass is 35.5. The molecule has 0 fully saturated rings. The molecular formula is C32H28ClFN2O4S2. The van der Waals surface area contributed by atoms with E-state index in [1.807, 2.05) is 30.5 Å². The van der Waals surface area contributed by atoms with Gasteiger partial charge in [-0.3, -0.25) is 9.36 Å². The number of hydrogen-bond donors (Lipinski definition) is 0. The van der Waals surface area contributed by atoms with E-state index in [1.165, 1.54) is 23.5 Å². The van der Waals surface area contributed by atoms with E-state index < -0.39 is 12.0 Å². The summed E-state index contributed by atoms with van der Waals surface area (Å²) < 4.78 is 26.9. The lowest BCUT2D eigenvalue weighted by atomic mass is 9.96. The SMILES string of the molecule is CSc1ccc([C@H]2C(C(=O)OC(C)C)=C(C)N=c3s/c(=C\c4cc(Cl)ccc4OCc4ccc(F)cc4)c(=O)n32)cc1. The van der Waals surface area contributed by atoms with E-state index in [-0.39, 0.29) is 24.1 Å². The summed E-state index contributed by atoms with van der Waals surface area (Å²) in [7, 11) is 0. The van der Waals surface area contributed by atoms with Crippen LogP contribution < -0.4 is 19.6 Å². The maximum Gasteiger partial charge on any atom is 0.338 e. The van der Waals surface area contributed by atoms with E-state index in [0.717, 1.165) is 16.0 Å². The molecule has 6 nitrogen and oxygen atoms in total. The Balaban J connectivity index is 1.61. The maximum atomic E-state index is 14.0. The zero-order chi connectivity index (χ0) is 30.0. The summed E-state index contributed by atoms with van der Waals surface area (Å²) in [4.78, 5) is 33.5. The molecule has 0 radical (unpaired) electrons. The highest BCUT2D eigenvalue weighted by Crippen LogP contribution is 2.32. The average Bonchev–Trinajstić information content (AvgIpc) is 3.26. The fraction of sp³-hybridized carbons (Fsp3) is 0.219. The molecule has 0 spiro atoms. The number of ether oxygens (including phenoxy) is 2. The van der Waals surface area contributed by atoms with Gasteiger partial charge in [-0.15, -0.1) is 11.8 Å². The van der Waals surface area contributed by atoms with Gasteiger partial charge in [-0.2, -0.15) is 0 Å². The summed E-state index contributed by atoms with van der Waals surface area (Å²) in [6.45, 7) is 5.53. The van der Waals surface area contributed by atoms with E-state index in [0.29, 0.717) is 36.9 Å². The molecule has 1 atom stereocenters. The first kappa shape index (κ1) is 29.8. The zero-order valence-corrected chi connectivity index (χ0v) is 25.8. The van der Waals surface area contributed by atoms with Crippen molar-refractivity contribution in [2.75, 3.05) is 6.26 Å². The van der Waals surface area contributed by atoms with E-state index in [9.17, 15) is 14.0 Å². The van der Waals surface area contributed by atoms with Crippen molar-refractivity contribution in [2.24, 2.45) is 4.99 Å². The number of benzene rings is 3. The molecule has 42 heavy (non-hydrogen) atoms. The minimum Gasteiger partial charge on any atom is -0.488 e. The molecule has 1 aliphatic heterocycles. The highest BCUT2D eigenvalue weighted by Gasteiger charge is 2.33. The van der Waals surface area contributed by atoms with Crippen LogP contribution in [-0.4, -0.2) is 22.9 Å². The molecule has 0 saturated carbocycles. The summed E-state index contributed by atoms with van der Waals surface area (Å²) in [6.07, 6.45) is 3.37. The fourth-order valence-corrected chi connectivity index (χ4v) is 6.23. The van der Waals surface area contributed by atoms with Gasteiger partial charge in [-0.05, 0) is 86.7 Å². The molecule has 5 rings (SSSR count). The monoisotopic (exact) mass is 622 g/mol. The zero-order valence-electron chi connectivity index (χ0n) is 23.4. The van der Waals surface area contributed by atoms with Crippen molar-refractivity contribution in [3.8, 4) is 5.75 Å². The van der Waals surface area contributed by atoms with Gasteiger partial charge in [-0.1, -0.05) is 47.2 Å². The highest BCUT2D eigenvalue weighted by molar-refractivity contribution is 7.98. The summed E-state index contributed by atoms with van der Waals surface area (Å²) in [5.41, 5.74) is 2.69. The number of aromatic nitrogens is 1. The number of fused-ring (bicyclic) bond motifs is 1. The van der Waals surface area contributed by atoms with Gasteiger partial charge in [0.15, 0.2) is 4.80 Å². The predicted octanol–water partition coefficient (Wildman–Crippen LogP) is 6.28. The second-order valence-electron chi connectivity index (χ2n) is 9.91. The molecule has 0 N–H and O–H groups in total. The Kier molecular flexibility index (Phi) is 9.01. The molecule has 0 bridgehead atoms. The number of nitrogens with zero attached hydrogens (tertiary/aromatic N) is 2. The second-order valence-corrected chi connectivity index (χ2v) is 12.2. The second kappa shape index (κ2) is 12.7. The van der Waals surface area contributed by atoms with E-state index in [1.54, 1.807) is 73.5 Å². The summed E-state index contributed by atoms with van der Waals surface area (Å²) >= 11 is 9.15. The van der Waals surface area contributed by atoms with Gasteiger partial charge in [0.05, 0.1) is 27.9 Å². The van der Waals surface area contributed by atoms with Crippen LogP contribution >= 0.6 is 34.7 Å². The topological polar surface area (TPSA) is 69.9 Å². The van der Waals surface area contributed by atoms with Crippen LogP contribution in [0, 0.1) is 5.82 Å². The van der Waals surface area contributed by atoms with Crippen LogP contribution in [0.5, 0.6) is 5.75 Å². The van der Waals surface area contributed by atoms with Crippen molar-refractivity contribution in [3.05, 3.63) is 125 Å². The third-order valence-corrected chi connectivity index (χ3v) is 8.54. The van der Waals surface area contributed by atoms with E-state index >= 15 is 0 Å². The van der Waals surface area contributed by atoms with Crippen LogP contribution in [0.2, 0.25) is 5.02 Å². The molecule has 0 amide bonds. The molecule has 2 heterocycles. The largest absolute Gasteiger partial charge is 0.488 e. The molecule has 0 unspecified atom stereocenters. The lowest BCUT2D eigenvalue weighted by Crippen LogP contribution is -2.40. The molecule has 1 aliphatic rings. The third kappa shape index (κ3) is 6.38. The first-order valence-corrected chi connectivity index (χ1v) is 15.6. The Bertz CT molecular complexity index is 1850. The standard InChI is InChI=1S/C32H28ClFN2O4S2/c1-18(2)40-31(38)28-19(3)35-32-36(29(28)21-7-12-25(41-4)13-8-21)30(37)27(42-32)16-22-15-23(33)9-14-26(22)39-17-20-5-10-24(34)11-6-20/h5-16,18,29H,17H2,1-4H3/b27-16-/t29-/m0/s1. The van der Waals surface area contributed by atoms with Crippen LogP contribution in [0.4, 0.5) is 4.39 Å². The minimum atomic E-state index is -0.709. The number of thioether (sulfide) groups is 1. The predicted molar refractivity (Wildman–Crippen MR) is 165 cm³/mol. The fourth-order valence-electron chi connectivity index (χ4n) is 4.61. The number of thiazole rings is 1. The van der Waals surface area contributed by atoms with Gasteiger partial charge in [0.2, 0.25) is 0 Å². The minimum absolute atomic E-state index is 0.205. The third-order valence-electron chi connectivity index (χ3n) is 6.58. The average molecular weight is 623 g/mol. The lowest BCUT2D eigenvalue weighted by Gasteiger charge is -2.25. The first-order valence-electron chi connectivity index (χ1n) is 13.2. The van der Waals surface area contributed by atoms with Gasteiger partial charge < -0.3 is 9.47 Å². The van der Waals surface area contributed by atoms with Gasteiger partial charge in [0.25, 0.3) is 5.56 Å². The quantitative estimate of drug-likeness (QED) is 0.171. The molecule has 4 aromatic rings. The summed E-state index contributed by atoms with van der Waals surface area (Å²) in [5.74, 6) is -0.322. The summed E-state index contributed by atoms with van der Waals surface area (Å²) in [6, 6.07) is 18.3. The smallest absolute Gasteiger partial charge is 0.338 e. The van der Waals surface area contributed by atoms with Crippen LogP contribution in [0.3, 0.4) is 0 Å². The number of carbonyl (C=O) groups is 1. The van der Waals surface area contributed by atoms with Crippen LogP contribution in [0.15, 0.2) is 92.7 Å². The number of allylic oxidation sites excluding steroid dienone is 1. The Morgan fingerprint density at radius 2 is 1.86 bits per heavy atom. The first-order chi connectivity index (χ1) is 20.1. The van der Waals surface area contributed by atoms with Crippen molar-refractivity contribution in [1.82, 2.24) is 4.57 Å². The van der Waals surface area contributed by atoms with Crippen molar-refractivity contribution in [2.45, 2.75) is 44.4 Å². The molecule has 3 aromatic carbocycles. The van der Waals surface area contributed by atoms with E-state index in [2.05, 4.69) is 4.99 Å². The Morgan fingerprint density at radius 1 is 1.14 bits per heavy atom. The number of esters is 1. The Hall–Kier alpha value is -3.66. The van der Waals surface area contributed by atoms with Gasteiger partial charge in [-0.25, -0.2) is 14.2 Å².